The van der Waals surface area contributed by atoms with Crippen LogP contribution in [0.3, 0.4) is 0 Å². The summed E-state index contributed by atoms with van der Waals surface area (Å²) in [5, 5.41) is 3.60. The molecule has 4 heterocycles. The van der Waals surface area contributed by atoms with Crippen molar-refractivity contribution in [1.29, 1.82) is 0 Å². The van der Waals surface area contributed by atoms with Gasteiger partial charge in [-0.1, -0.05) is 11.6 Å². The number of nitrogens with one attached hydrogen (secondary N) is 2. The van der Waals surface area contributed by atoms with Crippen LogP contribution in [-0.2, 0) is 0 Å². The molecule has 3 aromatic heterocycles. The van der Waals surface area contributed by atoms with Crippen molar-refractivity contribution in [3.8, 4) is 33.9 Å². The van der Waals surface area contributed by atoms with Gasteiger partial charge in [0, 0.05) is 29.1 Å². The van der Waals surface area contributed by atoms with Crippen LogP contribution in [0.25, 0.3) is 33.9 Å². The maximum Gasteiger partial charge on any atom is 0.140 e. The third-order valence-electron chi connectivity index (χ3n) is 4.30. The number of benzene rings is 1. The van der Waals surface area contributed by atoms with Crippen LogP contribution in [0.5, 0.6) is 0 Å². The van der Waals surface area contributed by atoms with Crippen LogP contribution >= 0.6 is 11.6 Å². The van der Waals surface area contributed by atoms with E-state index in [1.807, 2.05) is 18.2 Å². The molecule has 4 aromatic rings. The molecule has 0 fully saturated rings. The molecule has 7 heteroatoms. The lowest BCUT2D eigenvalue weighted by molar-refractivity contribution is 0.628. The number of pyridine rings is 2. The van der Waals surface area contributed by atoms with Crippen LogP contribution in [0.15, 0.2) is 55.0 Å². The zero-order valence-corrected chi connectivity index (χ0v) is 14.0. The second-order valence-corrected chi connectivity index (χ2v) is 6.29. The van der Waals surface area contributed by atoms with E-state index in [9.17, 15) is 4.39 Å². The Morgan fingerprint density at radius 1 is 1.00 bits per heavy atom. The molecular formula is C19H11ClFN5. The zero-order chi connectivity index (χ0) is 17.7. The average molecular weight is 364 g/mol. The average Bonchev–Trinajstić information content (AvgIpc) is 3.02. The molecule has 5 rings (SSSR count). The molecule has 0 aliphatic carbocycles. The molecular weight excluding hydrogens is 353 g/mol. The number of aromatic nitrogens is 4. The Kier molecular flexibility index (Phi) is 3.26. The number of aromatic amines is 1. The molecule has 0 bridgehead atoms. The van der Waals surface area contributed by atoms with E-state index in [4.69, 9.17) is 16.6 Å². The van der Waals surface area contributed by atoms with Crippen molar-refractivity contribution in [2.24, 2.45) is 0 Å². The highest BCUT2D eigenvalue weighted by Gasteiger charge is 2.24. The zero-order valence-electron chi connectivity index (χ0n) is 13.3. The molecule has 0 spiro atoms. The summed E-state index contributed by atoms with van der Waals surface area (Å²) in [5.41, 5.74) is 4.82. The molecule has 0 saturated heterocycles. The maximum absolute atomic E-state index is 13.4. The summed E-state index contributed by atoms with van der Waals surface area (Å²) in [6, 6.07) is 9.97. The molecule has 1 aliphatic heterocycles. The van der Waals surface area contributed by atoms with Crippen LogP contribution in [0, 0.1) is 5.82 Å². The van der Waals surface area contributed by atoms with Crippen molar-refractivity contribution in [3.63, 3.8) is 0 Å². The first-order valence-electron chi connectivity index (χ1n) is 7.93. The summed E-state index contributed by atoms with van der Waals surface area (Å²) < 4.78 is 13.4. The number of H-pyrrole nitrogens is 1. The number of rotatable bonds is 1. The van der Waals surface area contributed by atoms with Crippen molar-refractivity contribution < 1.29 is 4.39 Å². The number of fused-ring (bicyclic) bond motifs is 5. The lowest BCUT2D eigenvalue weighted by atomic mass is 10.1. The summed E-state index contributed by atoms with van der Waals surface area (Å²) in [6.45, 7) is 0. The molecule has 126 valence electrons. The number of hydrogen-bond acceptors (Lipinski definition) is 4. The lowest BCUT2D eigenvalue weighted by Gasteiger charge is -2.08. The molecule has 2 N–H and O–H groups in total. The van der Waals surface area contributed by atoms with E-state index >= 15 is 0 Å². The Hall–Kier alpha value is -3.25. The van der Waals surface area contributed by atoms with Gasteiger partial charge in [-0.15, -0.1) is 0 Å². The Morgan fingerprint density at radius 3 is 2.81 bits per heavy atom. The fourth-order valence-corrected chi connectivity index (χ4v) is 3.36. The number of anilines is 2. The number of halogens is 2. The van der Waals surface area contributed by atoms with Crippen molar-refractivity contribution >= 4 is 23.1 Å². The van der Waals surface area contributed by atoms with Crippen molar-refractivity contribution in [3.05, 3.63) is 65.8 Å². The van der Waals surface area contributed by atoms with E-state index in [0.29, 0.717) is 22.2 Å². The largest absolute Gasteiger partial charge is 0.338 e. The molecule has 1 aliphatic rings. The first-order chi connectivity index (χ1) is 12.7. The fourth-order valence-electron chi connectivity index (χ4n) is 3.11. The summed E-state index contributed by atoms with van der Waals surface area (Å²) in [7, 11) is 0. The first kappa shape index (κ1) is 15.0. The molecule has 0 saturated carbocycles. The SMILES string of the molecule is Fc1ccc(-c2nc3c([nH]2)-c2ccncc2Nc2ncccc2-3)c(Cl)c1. The van der Waals surface area contributed by atoms with Crippen LogP contribution in [0.1, 0.15) is 0 Å². The highest BCUT2D eigenvalue weighted by molar-refractivity contribution is 6.33. The topological polar surface area (TPSA) is 66.5 Å². The molecule has 26 heavy (non-hydrogen) atoms. The van der Waals surface area contributed by atoms with E-state index in [1.165, 1.54) is 12.1 Å². The van der Waals surface area contributed by atoms with Gasteiger partial charge < -0.3 is 10.3 Å². The van der Waals surface area contributed by atoms with E-state index in [0.717, 1.165) is 28.2 Å². The first-order valence-corrected chi connectivity index (χ1v) is 8.31. The minimum atomic E-state index is -0.387. The van der Waals surface area contributed by atoms with E-state index in [1.54, 1.807) is 24.7 Å². The van der Waals surface area contributed by atoms with Crippen molar-refractivity contribution in [2.45, 2.75) is 0 Å². The van der Waals surface area contributed by atoms with Crippen LogP contribution < -0.4 is 5.32 Å². The van der Waals surface area contributed by atoms with Crippen LogP contribution in [-0.4, -0.2) is 19.9 Å². The smallest absolute Gasteiger partial charge is 0.140 e. The van der Waals surface area contributed by atoms with E-state index < -0.39 is 0 Å². The summed E-state index contributed by atoms with van der Waals surface area (Å²) in [4.78, 5) is 16.7. The van der Waals surface area contributed by atoms with Gasteiger partial charge in [-0.2, -0.15) is 0 Å². The maximum atomic E-state index is 13.4. The minimum absolute atomic E-state index is 0.299. The van der Waals surface area contributed by atoms with Gasteiger partial charge in [-0.05, 0) is 36.4 Å². The standard InChI is InChI=1S/C19H11ClFN5/c20-14-8-10(21)3-4-11(14)19-25-16-12-5-7-22-9-15(12)24-18-13(17(16)26-19)2-1-6-23-18/h1-9H,(H,23,24)(H,25,26). The molecule has 1 aromatic carbocycles. The van der Waals surface area contributed by atoms with Gasteiger partial charge in [-0.25, -0.2) is 14.4 Å². The van der Waals surface area contributed by atoms with Gasteiger partial charge in [0.15, 0.2) is 0 Å². The Morgan fingerprint density at radius 2 is 1.92 bits per heavy atom. The normalized spacial score (nSPS) is 11.8. The van der Waals surface area contributed by atoms with Gasteiger partial charge in [0.2, 0.25) is 0 Å². The van der Waals surface area contributed by atoms with Gasteiger partial charge in [0.1, 0.15) is 23.2 Å². The molecule has 0 atom stereocenters. The molecule has 0 unspecified atom stereocenters. The molecule has 0 radical (unpaired) electrons. The molecule has 5 nitrogen and oxygen atoms in total. The number of hydrogen-bond donors (Lipinski definition) is 2. The molecule has 0 amide bonds. The summed E-state index contributed by atoms with van der Waals surface area (Å²) in [6.07, 6.45) is 5.19. The second-order valence-electron chi connectivity index (χ2n) is 5.88. The van der Waals surface area contributed by atoms with Gasteiger partial charge in [-0.3, -0.25) is 4.98 Å². The highest BCUT2D eigenvalue weighted by atomic mass is 35.5. The third kappa shape index (κ3) is 2.27. The van der Waals surface area contributed by atoms with Gasteiger partial charge in [0.05, 0.1) is 22.6 Å². The summed E-state index contributed by atoms with van der Waals surface area (Å²) in [5.74, 6) is 0.880. The second kappa shape index (κ2) is 5.64. The predicted molar refractivity (Wildman–Crippen MR) is 98.7 cm³/mol. The Balaban J connectivity index is 1.80. The quantitative estimate of drug-likeness (QED) is 0.437. The number of nitrogens with zero attached hydrogens (tertiary/aromatic N) is 3. The fraction of sp³-hybridized carbons (Fsp3) is 0. The highest BCUT2D eigenvalue weighted by Crippen LogP contribution is 2.43. The van der Waals surface area contributed by atoms with Gasteiger partial charge >= 0.3 is 0 Å². The predicted octanol–water partition coefficient (Wildman–Crippen LogP) is 5.05. The van der Waals surface area contributed by atoms with E-state index in [-0.39, 0.29) is 5.82 Å². The third-order valence-corrected chi connectivity index (χ3v) is 4.61. The van der Waals surface area contributed by atoms with Crippen molar-refractivity contribution in [2.75, 3.05) is 5.32 Å². The van der Waals surface area contributed by atoms with Crippen LogP contribution in [0.4, 0.5) is 15.9 Å². The van der Waals surface area contributed by atoms with Gasteiger partial charge in [0.25, 0.3) is 0 Å². The minimum Gasteiger partial charge on any atom is -0.338 e. The number of imidazole rings is 1. The Labute approximate surface area is 152 Å². The van der Waals surface area contributed by atoms with Crippen molar-refractivity contribution in [1.82, 2.24) is 19.9 Å². The summed E-state index contributed by atoms with van der Waals surface area (Å²) >= 11 is 6.23. The monoisotopic (exact) mass is 363 g/mol. The van der Waals surface area contributed by atoms with Crippen LogP contribution in [0.2, 0.25) is 5.02 Å². The lowest BCUT2D eigenvalue weighted by Crippen LogP contribution is -1.95. The Bertz CT molecular complexity index is 1090. The van der Waals surface area contributed by atoms with E-state index in [2.05, 4.69) is 20.3 Å².